The third-order valence-electron chi connectivity index (χ3n) is 6.49. The first-order chi connectivity index (χ1) is 14.2. The first kappa shape index (κ1) is 18.2. The van der Waals surface area contributed by atoms with Crippen molar-refractivity contribution in [3.63, 3.8) is 0 Å². The van der Waals surface area contributed by atoms with Gasteiger partial charge in [-0.2, -0.15) is 5.10 Å². The van der Waals surface area contributed by atoms with Crippen molar-refractivity contribution in [2.45, 2.75) is 24.8 Å². The Morgan fingerprint density at radius 1 is 1.24 bits per heavy atom. The number of carbonyl (C=O) groups is 1. The van der Waals surface area contributed by atoms with Gasteiger partial charge in [0.05, 0.1) is 12.0 Å². The fourth-order valence-corrected chi connectivity index (χ4v) is 4.97. The fourth-order valence-electron chi connectivity index (χ4n) is 4.97. The van der Waals surface area contributed by atoms with Crippen molar-refractivity contribution in [2.75, 3.05) is 19.6 Å². The Balaban J connectivity index is 1.27. The second kappa shape index (κ2) is 7.52. The Morgan fingerprint density at radius 2 is 2.10 bits per heavy atom. The lowest BCUT2D eigenvalue weighted by atomic mass is 9.74. The summed E-state index contributed by atoms with van der Waals surface area (Å²) in [5.74, 6) is 1.37. The molecule has 0 spiro atoms. The van der Waals surface area contributed by atoms with Crippen LogP contribution in [0.4, 0.5) is 0 Å². The minimum atomic E-state index is -0.131. The molecule has 29 heavy (non-hydrogen) atoms. The lowest BCUT2D eigenvalue weighted by Gasteiger charge is -2.49. The van der Waals surface area contributed by atoms with Crippen LogP contribution in [0.5, 0.6) is 0 Å². The maximum absolute atomic E-state index is 12.2. The molecule has 2 bridgehead atoms. The monoisotopic (exact) mass is 390 g/mol. The number of piperidine rings is 3. The number of amides is 1. The average molecular weight is 390 g/mol. The smallest absolute Gasteiger partial charge is 0.287 e. The van der Waals surface area contributed by atoms with Gasteiger partial charge in [-0.25, -0.2) is 0 Å². The van der Waals surface area contributed by atoms with Gasteiger partial charge in [0.25, 0.3) is 5.91 Å². The highest BCUT2D eigenvalue weighted by atomic mass is 16.3. The van der Waals surface area contributed by atoms with E-state index in [1.807, 2.05) is 6.07 Å². The van der Waals surface area contributed by atoms with Crippen LogP contribution in [0.15, 0.2) is 59.2 Å². The molecule has 150 valence electrons. The number of carbonyl (C=O) groups excluding carboxylic acids is 1. The lowest BCUT2D eigenvalue weighted by Crippen LogP contribution is -2.56. The van der Waals surface area contributed by atoms with Crippen LogP contribution in [0, 0.1) is 5.92 Å². The predicted molar refractivity (Wildman–Crippen MR) is 111 cm³/mol. The Morgan fingerprint density at radius 3 is 2.83 bits per heavy atom. The van der Waals surface area contributed by atoms with Gasteiger partial charge in [0.1, 0.15) is 0 Å². The second-order valence-corrected chi connectivity index (χ2v) is 8.17. The lowest BCUT2D eigenvalue weighted by molar-refractivity contribution is 0.0278. The molecule has 1 amide bonds. The van der Waals surface area contributed by atoms with Crippen LogP contribution >= 0.6 is 0 Å². The molecule has 1 N–H and O–H groups in total. The van der Waals surface area contributed by atoms with Crippen molar-refractivity contribution in [3.8, 4) is 11.3 Å². The maximum Gasteiger partial charge on any atom is 0.287 e. The molecular formula is C23H26N4O2. The van der Waals surface area contributed by atoms with Crippen LogP contribution in [-0.4, -0.2) is 46.3 Å². The zero-order chi connectivity index (χ0) is 19.8. The summed E-state index contributed by atoms with van der Waals surface area (Å²) >= 11 is 0. The molecule has 0 aliphatic carbocycles. The summed E-state index contributed by atoms with van der Waals surface area (Å²) in [6, 6.07) is 16.5. The van der Waals surface area contributed by atoms with Crippen LogP contribution in [0.3, 0.4) is 0 Å². The van der Waals surface area contributed by atoms with Gasteiger partial charge in [-0.05, 0) is 43.5 Å². The highest BCUT2D eigenvalue weighted by Crippen LogP contribution is 2.42. The minimum Gasteiger partial charge on any atom is -0.459 e. The van der Waals surface area contributed by atoms with E-state index in [4.69, 9.17) is 9.52 Å². The summed E-state index contributed by atoms with van der Waals surface area (Å²) in [5.41, 5.74) is 3.52. The normalized spacial score (nSPS) is 25.8. The van der Waals surface area contributed by atoms with Crippen molar-refractivity contribution in [2.24, 2.45) is 13.0 Å². The molecule has 6 heteroatoms. The standard InChI is InChI=1S/C23H26N4O2/c1-26-21(13-20(25-26)16-6-3-2-4-7-16)19-15-27-10-9-17(19)12-18(27)14-24-23(28)22-8-5-11-29-22/h2-8,11,13,17-19H,9-10,12,14-15H2,1H3,(H,24,28)/t17-,18+,19-/m0/s1. The van der Waals surface area contributed by atoms with Gasteiger partial charge in [0.2, 0.25) is 0 Å². The molecule has 1 aromatic carbocycles. The quantitative estimate of drug-likeness (QED) is 0.726. The molecule has 3 aromatic rings. The highest BCUT2D eigenvalue weighted by Gasteiger charge is 2.41. The Hall–Kier alpha value is -2.86. The first-order valence-electron chi connectivity index (χ1n) is 10.3. The molecule has 5 heterocycles. The van der Waals surface area contributed by atoms with Gasteiger partial charge in [-0.15, -0.1) is 0 Å². The first-order valence-corrected chi connectivity index (χ1v) is 10.3. The van der Waals surface area contributed by atoms with Gasteiger partial charge < -0.3 is 9.73 Å². The number of aryl methyl sites for hydroxylation is 1. The molecule has 1 unspecified atom stereocenters. The molecule has 6 rings (SSSR count). The van der Waals surface area contributed by atoms with Gasteiger partial charge in [0, 0.05) is 43.4 Å². The van der Waals surface area contributed by atoms with E-state index < -0.39 is 0 Å². The number of nitrogens with zero attached hydrogens (tertiary/aromatic N) is 3. The topological polar surface area (TPSA) is 63.3 Å². The molecular weight excluding hydrogens is 364 g/mol. The van der Waals surface area contributed by atoms with E-state index in [1.165, 1.54) is 18.4 Å². The van der Waals surface area contributed by atoms with Crippen molar-refractivity contribution in [1.29, 1.82) is 0 Å². The van der Waals surface area contributed by atoms with Crippen molar-refractivity contribution < 1.29 is 9.21 Å². The zero-order valence-electron chi connectivity index (χ0n) is 16.6. The molecule has 0 saturated carbocycles. The number of aromatic nitrogens is 2. The van der Waals surface area contributed by atoms with Gasteiger partial charge in [0.15, 0.2) is 5.76 Å². The third kappa shape index (κ3) is 3.49. The number of nitrogens with one attached hydrogen (secondary N) is 1. The molecule has 3 aliphatic rings. The van der Waals surface area contributed by atoms with Gasteiger partial charge >= 0.3 is 0 Å². The summed E-state index contributed by atoms with van der Waals surface area (Å²) in [6.07, 6.45) is 3.84. The van der Waals surface area contributed by atoms with E-state index in [0.717, 1.165) is 30.8 Å². The van der Waals surface area contributed by atoms with Crippen LogP contribution in [0.2, 0.25) is 0 Å². The second-order valence-electron chi connectivity index (χ2n) is 8.17. The molecule has 3 fully saturated rings. The number of benzene rings is 1. The number of furan rings is 1. The van der Waals surface area contributed by atoms with E-state index in [9.17, 15) is 4.79 Å². The maximum atomic E-state index is 12.2. The van der Waals surface area contributed by atoms with E-state index in [1.54, 1.807) is 12.1 Å². The number of hydrogen-bond donors (Lipinski definition) is 1. The Bertz CT molecular complexity index is 980. The molecule has 4 atom stereocenters. The summed E-state index contributed by atoms with van der Waals surface area (Å²) in [5, 5.41) is 7.82. The van der Waals surface area contributed by atoms with Gasteiger partial charge in [-0.1, -0.05) is 30.3 Å². The Labute approximate surface area is 170 Å². The van der Waals surface area contributed by atoms with E-state index in [-0.39, 0.29) is 5.91 Å². The summed E-state index contributed by atoms with van der Waals surface area (Å²) < 4.78 is 7.25. The highest BCUT2D eigenvalue weighted by molar-refractivity contribution is 5.91. The van der Waals surface area contributed by atoms with Crippen molar-refractivity contribution in [3.05, 3.63) is 66.2 Å². The van der Waals surface area contributed by atoms with Crippen LogP contribution in [-0.2, 0) is 7.05 Å². The molecule has 2 aromatic heterocycles. The third-order valence-corrected chi connectivity index (χ3v) is 6.49. The Kier molecular flexibility index (Phi) is 4.72. The fraction of sp³-hybridized carbons (Fsp3) is 0.391. The van der Waals surface area contributed by atoms with Gasteiger partial charge in [-0.3, -0.25) is 14.4 Å². The SMILES string of the molecule is Cn1nc(-c2ccccc2)cc1[C@H]1CN2CC[C@H]1C[C@@H]2CNC(=O)c1ccco1. The van der Waals surface area contributed by atoms with Crippen LogP contribution in [0.25, 0.3) is 11.3 Å². The number of fused-ring (bicyclic) bond motifs is 3. The minimum absolute atomic E-state index is 0.131. The largest absolute Gasteiger partial charge is 0.459 e. The summed E-state index contributed by atoms with van der Waals surface area (Å²) in [7, 11) is 2.06. The zero-order valence-corrected chi connectivity index (χ0v) is 16.6. The van der Waals surface area contributed by atoms with Crippen LogP contribution < -0.4 is 5.32 Å². The molecule has 0 radical (unpaired) electrons. The van der Waals surface area contributed by atoms with Crippen molar-refractivity contribution in [1.82, 2.24) is 20.0 Å². The molecule has 3 saturated heterocycles. The van der Waals surface area contributed by atoms with Crippen molar-refractivity contribution >= 4 is 5.91 Å². The predicted octanol–water partition coefficient (Wildman–Crippen LogP) is 3.29. The number of rotatable bonds is 5. The van der Waals surface area contributed by atoms with E-state index in [0.29, 0.717) is 30.2 Å². The van der Waals surface area contributed by atoms with E-state index >= 15 is 0 Å². The van der Waals surface area contributed by atoms with Crippen LogP contribution in [0.1, 0.15) is 35.0 Å². The molecule has 3 aliphatic heterocycles. The molecule has 6 nitrogen and oxygen atoms in total. The summed E-state index contributed by atoms with van der Waals surface area (Å²) in [4.78, 5) is 14.7. The number of hydrogen-bond acceptors (Lipinski definition) is 4. The average Bonchev–Trinajstić information content (AvgIpc) is 3.43. The summed E-state index contributed by atoms with van der Waals surface area (Å²) in [6.45, 7) is 2.80. The van der Waals surface area contributed by atoms with E-state index in [2.05, 4.69) is 52.3 Å².